The molecule has 0 spiro atoms. The maximum absolute atomic E-state index is 12.4. The van der Waals surface area contributed by atoms with E-state index in [-0.39, 0.29) is 18.5 Å². The minimum absolute atomic E-state index is 0.0132. The largest absolute Gasteiger partial charge is 0.466 e. The van der Waals surface area contributed by atoms with E-state index in [9.17, 15) is 19.8 Å². The number of aliphatic hydroxyl groups is 2. The lowest BCUT2D eigenvalue weighted by Gasteiger charge is -2.22. The Hall–Kier alpha value is -1.66. The number of amides is 1. The molecular formula is C63H121NO5. The molecule has 3 N–H and O–H groups in total. The maximum atomic E-state index is 12.4. The third-order valence-electron chi connectivity index (χ3n) is 14.5. The average molecular weight is 973 g/mol. The highest BCUT2D eigenvalue weighted by Gasteiger charge is 2.20. The summed E-state index contributed by atoms with van der Waals surface area (Å²) in [6.07, 6.45) is 72.0. The lowest BCUT2D eigenvalue weighted by Crippen LogP contribution is -2.45. The Morgan fingerprint density at radius 2 is 0.725 bits per heavy atom. The van der Waals surface area contributed by atoms with Gasteiger partial charge in [0.15, 0.2) is 0 Å². The fourth-order valence-electron chi connectivity index (χ4n) is 9.73. The van der Waals surface area contributed by atoms with Crippen LogP contribution in [0.2, 0.25) is 0 Å². The molecule has 0 rings (SSSR count). The first-order valence-corrected chi connectivity index (χ1v) is 31.1. The lowest BCUT2D eigenvalue weighted by molar-refractivity contribution is -0.143. The van der Waals surface area contributed by atoms with Crippen molar-refractivity contribution >= 4 is 11.9 Å². The molecule has 69 heavy (non-hydrogen) atoms. The molecule has 6 nitrogen and oxygen atoms in total. The van der Waals surface area contributed by atoms with Gasteiger partial charge in [0.1, 0.15) is 0 Å². The van der Waals surface area contributed by atoms with Crippen molar-refractivity contribution in [2.75, 3.05) is 13.2 Å². The van der Waals surface area contributed by atoms with Gasteiger partial charge in [0, 0.05) is 12.8 Å². The van der Waals surface area contributed by atoms with E-state index in [0.29, 0.717) is 25.9 Å². The van der Waals surface area contributed by atoms with Crippen molar-refractivity contribution in [3.8, 4) is 0 Å². The van der Waals surface area contributed by atoms with E-state index in [4.69, 9.17) is 4.74 Å². The fraction of sp³-hybridized carbons (Fsp3) is 0.905. The number of allylic oxidation sites excluding steroid dienone is 4. The van der Waals surface area contributed by atoms with E-state index < -0.39 is 12.1 Å². The smallest absolute Gasteiger partial charge is 0.305 e. The second-order valence-electron chi connectivity index (χ2n) is 21.4. The lowest BCUT2D eigenvalue weighted by atomic mass is 10.0. The number of rotatable bonds is 58. The first-order chi connectivity index (χ1) is 34.0. The molecule has 1 amide bonds. The van der Waals surface area contributed by atoms with E-state index in [1.165, 1.54) is 263 Å². The average Bonchev–Trinajstić information content (AvgIpc) is 3.35. The zero-order valence-electron chi connectivity index (χ0n) is 46.6. The monoisotopic (exact) mass is 972 g/mol. The normalized spacial score (nSPS) is 12.7. The number of unbranched alkanes of at least 4 members (excludes halogenated alkanes) is 43. The molecule has 0 heterocycles. The molecule has 0 fully saturated rings. The summed E-state index contributed by atoms with van der Waals surface area (Å²) in [5.41, 5.74) is 0. The number of hydrogen-bond donors (Lipinski definition) is 3. The van der Waals surface area contributed by atoms with Crippen molar-refractivity contribution < 1.29 is 24.5 Å². The number of esters is 1. The van der Waals surface area contributed by atoms with E-state index in [1.807, 2.05) is 0 Å². The second kappa shape index (κ2) is 58.9. The highest BCUT2D eigenvalue weighted by Crippen LogP contribution is 2.17. The predicted molar refractivity (Wildman–Crippen MR) is 301 cm³/mol. The molecule has 2 unspecified atom stereocenters. The number of hydrogen-bond acceptors (Lipinski definition) is 5. The Bertz CT molecular complexity index is 1080. The molecule has 0 aromatic rings. The minimum Gasteiger partial charge on any atom is -0.466 e. The van der Waals surface area contributed by atoms with Gasteiger partial charge in [-0.25, -0.2) is 0 Å². The zero-order valence-corrected chi connectivity index (χ0v) is 46.6. The summed E-state index contributed by atoms with van der Waals surface area (Å²) in [4.78, 5) is 24.5. The number of carbonyl (C=O) groups excluding carboxylic acids is 2. The maximum Gasteiger partial charge on any atom is 0.305 e. The summed E-state index contributed by atoms with van der Waals surface area (Å²) >= 11 is 0. The van der Waals surface area contributed by atoms with E-state index >= 15 is 0 Å². The summed E-state index contributed by atoms with van der Waals surface area (Å²) in [5, 5.41) is 23.1. The molecule has 0 saturated heterocycles. The molecule has 0 aromatic carbocycles. The topological polar surface area (TPSA) is 95.9 Å². The third kappa shape index (κ3) is 55.5. The van der Waals surface area contributed by atoms with Crippen LogP contribution in [0.3, 0.4) is 0 Å². The summed E-state index contributed by atoms with van der Waals surface area (Å²) in [6, 6.07) is -0.544. The third-order valence-corrected chi connectivity index (χ3v) is 14.5. The van der Waals surface area contributed by atoms with Gasteiger partial charge in [0.2, 0.25) is 5.91 Å². The van der Waals surface area contributed by atoms with Crippen molar-refractivity contribution in [1.82, 2.24) is 5.32 Å². The minimum atomic E-state index is -0.666. The molecule has 408 valence electrons. The Morgan fingerprint density at radius 1 is 0.406 bits per heavy atom. The molecule has 0 aliphatic rings. The van der Waals surface area contributed by atoms with Crippen LogP contribution in [-0.4, -0.2) is 47.4 Å². The van der Waals surface area contributed by atoms with Crippen molar-refractivity contribution in [3.63, 3.8) is 0 Å². The first-order valence-electron chi connectivity index (χ1n) is 31.1. The van der Waals surface area contributed by atoms with Gasteiger partial charge in [0.05, 0.1) is 25.4 Å². The second-order valence-corrected chi connectivity index (χ2v) is 21.4. The number of ether oxygens (including phenoxy) is 1. The Labute approximate surface area is 431 Å². The van der Waals surface area contributed by atoms with E-state index in [1.54, 1.807) is 0 Å². The highest BCUT2D eigenvalue weighted by atomic mass is 16.5. The van der Waals surface area contributed by atoms with E-state index in [2.05, 4.69) is 43.5 Å². The molecule has 0 aliphatic carbocycles. The summed E-state index contributed by atoms with van der Waals surface area (Å²) < 4.78 is 5.49. The molecule has 2 atom stereocenters. The van der Waals surface area contributed by atoms with Gasteiger partial charge in [-0.2, -0.15) is 0 Å². The van der Waals surface area contributed by atoms with Crippen LogP contribution in [0.15, 0.2) is 24.3 Å². The van der Waals surface area contributed by atoms with Gasteiger partial charge in [-0.1, -0.05) is 295 Å². The number of nitrogens with one attached hydrogen (secondary N) is 1. The van der Waals surface area contributed by atoms with Crippen LogP contribution in [0.25, 0.3) is 0 Å². The van der Waals surface area contributed by atoms with Crippen molar-refractivity contribution in [2.24, 2.45) is 0 Å². The van der Waals surface area contributed by atoms with Crippen molar-refractivity contribution in [1.29, 1.82) is 0 Å². The van der Waals surface area contributed by atoms with Gasteiger partial charge in [-0.3, -0.25) is 9.59 Å². The zero-order chi connectivity index (χ0) is 50.0. The molecule has 0 radical (unpaired) electrons. The number of carbonyl (C=O) groups is 2. The first kappa shape index (κ1) is 67.3. The molecule has 0 aromatic heterocycles. The quantitative estimate of drug-likeness (QED) is 0.0321. The molecule has 0 saturated carbocycles. The molecule has 6 heteroatoms. The molecule has 0 aliphatic heterocycles. The fourth-order valence-corrected chi connectivity index (χ4v) is 9.73. The van der Waals surface area contributed by atoms with Crippen LogP contribution in [0.5, 0.6) is 0 Å². The van der Waals surface area contributed by atoms with Gasteiger partial charge in [-0.05, 0) is 57.8 Å². The summed E-state index contributed by atoms with van der Waals surface area (Å²) in [6.45, 7) is 4.95. The number of aliphatic hydroxyl groups excluding tert-OH is 2. The van der Waals surface area contributed by atoms with Crippen LogP contribution in [0.4, 0.5) is 0 Å². The predicted octanol–water partition coefficient (Wildman–Crippen LogP) is 19.4. The highest BCUT2D eigenvalue weighted by molar-refractivity contribution is 5.76. The van der Waals surface area contributed by atoms with E-state index in [0.717, 1.165) is 44.9 Å². The van der Waals surface area contributed by atoms with Crippen molar-refractivity contribution in [3.05, 3.63) is 24.3 Å². The van der Waals surface area contributed by atoms with Crippen LogP contribution < -0.4 is 5.32 Å². The van der Waals surface area contributed by atoms with Gasteiger partial charge in [-0.15, -0.1) is 0 Å². The van der Waals surface area contributed by atoms with Gasteiger partial charge < -0.3 is 20.3 Å². The van der Waals surface area contributed by atoms with Crippen LogP contribution in [-0.2, 0) is 14.3 Å². The van der Waals surface area contributed by atoms with Crippen LogP contribution in [0, 0.1) is 0 Å². The molecular weight excluding hydrogens is 851 g/mol. The standard InChI is InChI=1S/C63H121NO5/c1-3-5-7-9-11-13-15-16-17-27-31-34-37-41-45-49-53-57-63(68)69-58-54-50-46-42-38-35-32-29-26-24-22-20-18-19-21-23-25-28-30-33-36-40-44-48-52-56-62(67)64-60(59-65)61(66)55-51-47-43-39-14-12-10-8-6-4-2/h19-22,60-61,65-66H,3-18,23-59H2,1-2H3,(H,64,67)/b21-19-,22-20-. The Morgan fingerprint density at radius 3 is 1.10 bits per heavy atom. The van der Waals surface area contributed by atoms with Crippen LogP contribution in [0.1, 0.15) is 341 Å². The summed E-state index contributed by atoms with van der Waals surface area (Å²) in [7, 11) is 0. The Kier molecular flexibility index (Phi) is 57.5. The van der Waals surface area contributed by atoms with Gasteiger partial charge >= 0.3 is 5.97 Å². The molecule has 0 bridgehead atoms. The summed E-state index contributed by atoms with van der Waals surface area (Å²) in [5.74, 6) is -0.0288. The SMILES string of the molecule is CCCCCCCCCCCCCCCCCCCC(=O)OCCCCCCCCCCC/C=C\C/C=C\CCCCCCCCCCCC(=O)NC(CO)C(O)CCCCCCCCCCCC. The van der Waals surface area contributed by atoms with Gasteiger partial charge in [0.25, 0.3) is 0 Å². The van der Waals surface area contributed by atoms with Crippen molar-refractivity contribution in [2.45, 2.75) is 353 Å². The Balaban J connectivity index is 3.39. The van der Waals surface area contributed by atoms with Crippen LogP contribution >= 0.6 is 0 Å².